The van der Waals surface area contributed by atoms with Crippen molar-refractivity contribution in [2.75, 3.05) is 0 Å². The molecule has 0 radical (unpaired) electrons. The van der Waals surface area contributed by atoms with Gasteiger partial charge in [0.2, 0.25) is 0 Å². The smallest absolute Gasteiger partial charge is 0.294 e. The first-order chi connectivity index (χ1) is 11.5. The minimum absolute atomic E-state index is 0.0270. The number of hydrogen-bond donors (Lipinski definition) is 3. The lowest BCUT2D eigenvalue weighted by Crippen LogP contribution is -2.29. The normalized spacial score (nSPS) is 14.2. The standard InChI is InChI=1S/C11H19NO2.C7H8O3S/c1-4-7-9(10(7)13)11(14)8(12)5-6(2)3;1-6-2-4-7(5-3-6)11(8,9)10/h6,8,11,14H,4-5,12H2,1-3H3;2-5H,1H3,(H,8,9,10)/t8-,11?;/m0./s1. The molecule has 0 saturated carbocycles. The van der Waals surface area contributed by atoms with Crippen LogP contribution in [0.15, 0.2) is 34.0 Å². The van der Waals surface area contributed by atoms with E-state index < -0.39 is 16.2 Å². The zero-order chi connectivity index (χ0) is 19.4. The van der Waals surface area contributed by atoms with Gasteiger partial charge in [-0.25, -0.2) is 0 Å². The van der Waals surface area contributed by atoms with Crippen LogP contribution in [0.3, 0.4) is 0 Å². The third-order valence-electron chi connectivity index (χ3n) is 3.90. The van der Waals surface area contributed by atoms with Gasteiger partial charge in [-0.15, -0.1) is 0 Å². The lowest BCUT2D eigenvalue weighted by Gasteiger charge is -2.17. The fourth-order valence-electron chi connectivity index (χ4n) is 2.48. The molecule has 0 amide bonds. The number of nitrogens with two attached hydrogens (primary N) is 1. The highest BCUT2D eigenvalue weighted by Crippen LogP contribution is 2.24. The van der Waals surface area contributed by atoms with E-state index in [2.05, 4.69) is 13.8 Å². The zero-order valence-electron chi connectivity index (χ0n) is 15.1. The number of aryl methyl sites for hydroxylation is 1. The highest BCUT2D eigenvalue weighted by molar-refractivity contribution is 7.85. The summed E-state index contributed by atoms with van der Waals surface area (Å²) in [7, 11) is -4.02. The Kier molecular flexibility index (Phi) is 7.49. The van der Waals surface area contributed by atoms with Gasteiger partial charge in [-0.1, -0.05) is 38.5 Å². The van der Waals surface area contributed by atoms with Crippen molar-refractivity contribution in [2.45, 2.75) is 57.6 Å². The molecule has 0 heterocycles. The summed E-state index contributed by atoms with van der Waals surface area (Å²) in [6, 6.07) is 5.68. The van der Waals surface area contributed by atoms with E-state index in [1.54, 1.807) is 12.1 Å². The minimum Gasteiger partial charge on any atom is -0.387 e. The van der Waals surface area contributed by atoms with E-state index in [4.69, 9.17) is 10.3 Å². The molecule has 0 aliphatic heterocycles. The monoisotopic (exact) mass is 369 g/mol. The molecule has 0 spiro atoms. The van der Waals surface area contributed by atoms with Crippen molar-refractivity contribution in [1.29, 1.82) is 0 Å². The van der Waals surface area contributed by atoms with E-state index in [1.165, 1.54) is 12.1 Å². The van der Waals surface area contributed by atoms with Crippen molar-refractivity contribution in [3.05, 3.63) is 51.2 Å². The van der Waals surface area contributed by atoms with Crippen LogP contribution in [0.1, 0.15) is 50.0 Å². The predicted molar refractivity (Wildman–Crippen MR) is 97.8 cm³/mol. The van der Waals surface area contributed by atoms with Crippen molar-refractivity contribution >= 4 is 10.1 Å². The molecular formula is C18H27NO5S. The molecule has 1 unspecified atom stereocenters. The molecule has 0 aromatic heterocycles. The second-order valence-electron chi connectivity index (χ2n) is 6.60. The number of aliphatic hydroxyl groups is 1. The van der Waals surface area contributed by atoms with Gasteiger partial charge >= 0.3 is 0 Å². The second-order valence-corrected chi connectivity index (χ2v) is 8.02. The van der Waals surface area contributed by atoms with Crippen molar-refractivity contribution < 1.29 is 18.1 Å². The Morgan fingerprint density at radius 3 is 2.04 bits per heavy atom. The van der Waals surface area contributed by atoms with Gasteiger partial charge in [-0.3, -0.25) is 9.35 Å². The summed E-state index contributed by atoms with van der Waals surface area (Å²) in [6.45, 7) is 7.86. The van der Waals surface area contributed by atoms with Crippen LogP contribution in [0.4, 0.5) is 0 Å². The van der Waals surface area contributed by atoms with E-state index in [0.29, 0.717) is 17.9 Å². The van der Waals surface area contributed by atoms with Crippen molar-refractivity contribution in [2.24, 2.45) is 11.7 Å². The van der Waals surface area contributed by atoms with Crippen LogP contribution in [0.5, 0.6) is 0 Å². The third kappa shape index (κ3) is 6.36. The quantitative estimate of drug-likeness (QED) is 0.672. The van der Waals surface area contributed by atoms with E-state index in [-0.39, 0.29) is 16.4 Å². The first-order valence-electron chi connectivity index (χ1n) is 8.24. The van der Waals surface area contributed by atoms with Gasteiger partial charge < -0.3 is 10.8 Å². The van der Waals surface area contributed by atoms with Crippen molar-refractivity contribution in [3.63, 3.8) is 0 Å². The zero-order valence-corrected chi connectivity index (χ0v) is 15.9. The number of rotatable bonds is 6. The average molecular weight is 369 g/mol. The molecule has 0 fully saturated rings. The highest BCUT2D eigenvalue weighted by atomic mass is 32.2. The average Bonchev–Trinajstić information content (AvgIpc) is 3.16. The Morgan fingerprint density at radius 1 is 1.16 bits per heavy atom. The second kappa shape index (κ2) is 8.71. The first kappa shape index (κ1) is 21.5. The molecule has 2 aromatic rings. The third-order valence-corrected chi connectivity index (χ3v) is 4.77. The van der Waals surface area contributed by atoms with E-state index in [9.17, 15) is 18.3 Å². The molecule has 140 valence electrons. The lowest BCUT2D eigenvalue weighted by atomic mass is 9.98. The van der Waals surface area contributed by atoms with Crippen molar-refractivity contribution in [1.82, 2.24) is 0 Å². The maximum absolute atomic E-state index is 11.2. The summed E-state index contributed by atoms with van der Waals surface area (Å²) in [5, 5.41) is 9.77. The van der Waals surface area contributed by atoms with Gasteiger partial charge in [0, 0.05) is 17.2 Å². The summed E-state index contributed by atoms with van der Waals surface area (Å²) in [5.74, 6) is 0.444. The van der Waals surface area contributed by atoms with Gasteiger partial charge in [0.05, 0.1) is 11.0 Å². The van der Waals surface area contributed by atoms with Crippen LogP contribution in [-0.4, -0.2) is 24.1 Å². The maximum Gasteiger partial charge on any atom is 0.294 e. The largest absolute Gasteiger partial charge is 0.387 e. The SMILES string of the molecule is CCc1c(C(O)[C@@H](N)CC(C)C)c1=O.Cc1ccc(S(=O)(=O)O)cc1. The van der Waals surface area contributed by atoms with Gasteiger partial charge in [0.25, 0.3) is 10.1 Å². The molecule has 0 bridgehead atoms. The lowest BCUT2D eigenvalue weighted by molar-refractivity contribution is 0.138. The fraction of sp³-hybridized carbons (Fsp3) is 0.500. The van der Waals surface area contributed by atoms with Gasteiger partial charge in [0.15, 0.2) is 5.43 Å². The Morgan fingerprint density at radius 2 is 1.68 bits per heavy atom. The van der Waals surface area contributed by atoms with Crippen LogP contribution in [0, 0.1) is 12.8 Å². The van der Waals surface area contributed by atoms with Crippen LogP contribution in [0.2, 0.25) is 0 Å². The number of hydrogen-bond acceptors (Lipinski definition) is 5. The molecule has 0 aliphatic carbocycles. The Bertz CT molecular complexity index is 786. The molecule has 0 saturated heterocycles. The maximum atomic E-state index is 11.2. The minimum atomic E-state index is -4.02. The molecule has 6 nitrogen and oxygen atoms in total. The van der Waals surface area contributed by atoms with E-state index >= 15 is 0 Å². The Hall–Kier alpha value is -1.54. The molecule has 7 heteroatoms. The summed E-state index contributed by atoms with van der Waals surface area (Å²) >= 11 is 0. The highest BCUT2D eigenvalue weighted by Gasteiger charge is 2.31. The Balaban J connectivity index is 0.000000257. The number of benzene rings is 1. The van der Waals surface area contributed by atoms with Crippen LogP contribution >= 0.6 is 0 Å². The fourth-order valence-corrected chi connectivity index (χ4v) is 2.96. The van der Waals surface area contributed by atoms with Crippen LogP contribution in [0.25, 0.3) is 0 Å². The molecule has 2 aromatic carbocycles. The van der Waals surface area contributed by atoms with E-state index in [0.717, 1.165) is 17.5 Å². The van der Waals surface area contributed by atoms with E-state index in [1.807, 2.05) is 13.8 Å². The summed E-state index contributed by atoms with van der Waals surface area (Å²) < 4.78 is 29.6. The summed E-state index contributed by atoms with van der Waals surface area (Å²) in [4.78, 5) is 11.1. The van der Waals surface area contributed by atoms with Crippen LogP contribution in [-0.2, 0) is 16.5 Å². The molecule has 4 N–H and O–H groups in total. The number of aliphatic hydroxyl groups excluding tert-OH is 1. The van der Waals surface area contributed by atoms with Gasteiger partial charge in [-0.05, 0) is 37.8 Å². The summed E-state index contributed by atoms with van der Waals surface area (Å²) in [5.41, 5.74) is 8.13. The van der Waals surface area contributed by atoms with Crippen LogP contribution < -0.4 is 11.2 Å². The Labute approximate surface area is 149 Å². The van der Waals surface area contributed by atoms with Crippen molar-refractivity contribution in [3.8, 4) is 0 Å². The first-order valence-corrected chi connectivity index (χ1v) is 9.68. The molecule has 0 aliphatic rings. The van der Waals surface area contributed by atoms with Gasteiger partial charge in [-0.2, -0.15) is 8.42 Å². The molecule has 2 rings (SSSR count). The molecule has 25 heavy (non-hydrogen) atoms. The molecule has 2 atom stereocenters. The van der Waals surface area contributed by atoms with Gasteiger partial charge in [0.1, 0.15) is 0 Å². The predicted octanol–water partition coefficient (Wildman–Crippen LogP) is 2.13. The molecular weight excluding hydrogens is 342 g/mol. The topological polar surface area (TPSA) is 118 Å². The summed E-state index contributed by atoms with van der Waals surface area (Å²) in [6.07, 6.45) is 0.703.